The topological polar surface area (TPSA) is 43.0 Å². The molecule has 0 amide bonds. The number of hydrogen-bond donors (Lipinski definition) is 1. The van der Waals surface area contributed by atoms with Gasteiger partial charge in [-0.15, -0.1) is 0 Å². The highest BCUT2D eigenvalue weighted by Gasteiger charge is 2.15. The van der Waals surface area contributed by atoms with Crippen molar-refractivity contribution in [3.63, 3.8) is 0 Å². The SMILES string of the molecule is CCCNCc1occc1-c1cn(C)nc1CCC. The Bertz CT molecular complexity index is 513. The van der Waals surface area contributed by atoms with Gasteiger partial charge in [-0.3, -0.25) is 4.68 Å². The van der Waals surface area contributed by atoms with Gasteiger partial charge in [0.2, 0.25) is 0 Å². The van der Waals surface area contributed by atoms with Crippen LogP contribution >= 0.6 is 0 Å². The Morgan fingerprint density at radius 1 is 1.26 bits per heavy atom. The van der Waals surface area contributed by atoms with Crippen molar-refractivity contribution in [3.05, 3.63) is 30.0 Å². The summed E-state index contributed by atoms with van der Waals surface area (Å²) < 4.78 is 7.49. The molecule has 2 rings (SSSR count). The van der Waals surface area contributed by atoms with Crippen LogP contribution in [0.2, 0.25) is 0 Å². The largest absolute Gasteiger partial charge is 0.467 e. The number of nitrogens with zero attached hydrogens (tertiary/aromatic N) is 2. The second-order valence-electron chi connectivity index (χ2n) is 4.85. The summed E-state index contributed by atoms with van der Waals surface area (Å²) in [6, 6.07) is 2.04. The quantitative estimate of drug-likeness (QED) is 0.779. The lowest BCUT2D eigenvalue weighted by Crippen LogP contribution is -2.13. The molecule has 104 valence electrons. The van der Waals surface area contributed by atoms with Crippen LogP contribution in [0, 0.1) is 0 Å². The highest BCUT2D eigenvalue weighted by atomic mass is 16.3. The molecule has 1 N–H and O–H groups in total. The molecule has 4 heteroatoms. The highest BCUT2D eigenvalue weighted by molar-refractivity contribution is 5.67. The number of rotatable bonds is 7. The van der Waals surface area contributed by atoms with Gasteiger partial charge in [0, 0.05) is 24.4 Å². The Labute approximate surface area is 114 Å². The maximum atomic E-state index is 5.61. The van der Waals surface area contributed by atoms with Crippen LogP contribution in [0.3, 0.4) is 0 Å². The maximum Gasteiger partial charge on any atom is 0.125 e. The molecule has 0 aliphatic rings. The van der Waals surface area contributed by atoms with Gasteiger partial charge in [0.15, 0.2) is 0 Å². The third kappa shape index (κ3) is 3.26. The van der Waals surface area contributed by atoms with E-state index in [1.165, 1.54) is 11.1 Å². The highest BCUT2D eigenvalue weighted by Crippen LogP contribution is 2.28. The van der Waals surface area contributed by atoms with E-state index in [1.807, 2.05) is 17.8 Å². The van der Waals surface area contributed by atoms with E-state index in [0.29, 0.717) is 0 Å². The molecule has 0 aliphatic heterocycles. The smallest absolute Gasteiger partial charge is 0.125 e. The standard InChI is InChI=1S/C15H23N3O/c1-4-6-14-13(11-18(3)17-14)12-7-9-19-15(12)10-16-8-5-2/h7,9,11,16H,4-6,8,10H2,1-3H3. The Balaban J connectivity index is 2.23. The second-order valence-corrected chi connectivity index (χ2v) is 4.85. The Morgan fingerprint density at radius 3 is 2.84 bits per heavy atom. The van der Waals surface area contributed by atoms with Crippen LogP contribution < -0.4 is 5.32 Å². The molecular formula is C15H23N3O. The van der Waals surface area contributed by atoms with Crippen molar-refractivity contribution >= 4 is 0 Å². The van der Waals surface area contributed by atoms with Crippen molar-refractivity contribution in [1.29, 1.82) is 0 Å². The molecule has 0 saturated carbocycles. The molecule has 2 heterocycles. The number of aromatic nitrogens is 2. The van der Waals surface area contributed by atoms with E-state index in [0.717, 1.165) is 43.8 Å². The van der Waals surface area contributed by atoms with E-state index < -0.39 is 0 Å². The Kier molecular flexibility index (Phi) is 4.80. The van der Waals surface area contributed by atoms with Gasteiger partial charge < -0.3 is 9.73 Å². The lowest BCUT2D eigenvalue weighted by atomic mass is 10.0. The predicted octanol–water partition coefficient (Wildman–Crippen LogP) is 3.13. The zero-order valence-corrected chi connectivity index (χ0v) is 12.1. The Hall–Kier alpha value is -1.55. The average molecular weight is 261 g/mol. The summed E-state index contributed by atoms with van der Waals surface area (Å²) in [5.41, 5.74) is 3.52. The van der Waals surface area contributed by atoms with Gasteiger partial charge in [0.1, 0.15) is 5.76 Å². The van der Waals surface area contributed by atoms with E-state index in [9.17, 15) is 0 Å². The van der Waals surface area contributed by atoms with E-state index in [-0.39, 0.29) is 0 Å². The van der Waals surface area contributed by atoms with Crippen molar-refractivity contribution in [2.24, 2.45) is 7.05 Å². The van der Waals surface area contributed by atoms with Crippen LogP contribution in [-0.2, 0) is 20.0 Å². The van der Waals surface area contributed by atoms with Gasteiger partial charge >= 0.3 is 0 Å². The number of hydrogen-bond acceptors (Lipinski definition) is 3. The van der Waals surface area contributed by atoms with Gasteiger partial charge in [0.05, 0.1) is 18.5 Å². The van der Waals surface area contributed by atoms with Crippen LogP contribution in [0.1, 0.15) is 38.1 Å². The van der Waals surface area contributed by atoms with Crippen molar-refractivity contribution in [2.45, 2.75) is 39.7 Å². The van der Waals surface area contributed by atoms with Gasteiger partial charge in [0.25, 0.3) is 0 Å². The number of furan rings is 1. The Morgan fingerprint density at radius 2 is 2.11 bits per heavy atom. The van der Waals surface area contributed by atoms with E-state index in [4.69, 9.17) is 4.42 Å². The summed E-state index contributed by atoms with van der Waals surface area (Å²) in [4.78, 5) is 0. The molecule has 0 bridgehead atoms. The molecule has 0 aliphatic carbocycles. The summed E-state index contributed by atoms with van der Waals surface area (Å²) in [7, 11) is 1.97. The van der Waals surface area contributed by atoms with Crippen LogP contribution in [0.4, 0.5) is 0 Å². The molecule has 0 saturated heterocycles. The summed E-state index contributed by atoms with van der Waals surface area (Å²) in [6.45, 7) is 6.12. The fraction of sp³-hybridized carbons (Fsp3) is 0.533. The molecule has 0 radical (unpaired) electrons. The normalized spacial score (nSPS) is 11.1. The zero-order valence-electron chi connectivity index (χ0n) is 12.1. The first-order chi connectivity index (χ1) is 9.26. The van der Waals surface area contributed by atoms with E-state index in [1.54, 1.807) is 6.26 Å². The van der Waals surface area contributed by atoms with E-state index >= 15 is 0 Å². The second kappa shape index (κ2) is 6.57. The van der Waals surface area contributed by atoms with Crippen LogP contribution in [0.5, 0.6) is 0 Å². The third-order valence-electron chi connectivity index (χ3n) is 3.14. The minimum absolute atomic E-state index is 0.774. The lowest BCUT2D eigenvalue weighted by Gasteiger charge is -2.04. The summed E-state index contributed by atoms with van der Waals surface area (Å²) in [5, 5.41) is 7.93. The predicted molar refractivity (Wildman–Crippen MR) is 76.9 cm³/mol. The minimum atomic E-state index is 0.774. The molecule has 2 aromatic heterocycles. The van der Waals surface area contributed by atoms with Crippen LogP contribution in [0.15, 0.2) is 22.9 Å². The van der Waals surface area contributed by atoms with Gasteiger partial charge in [-0.25, -0.2) is 0 Å². The molecule has 0 atom stereocenters. The number of nitrogens with one attached hydrogen (secondary N) is 1. The van der Waals surface area contributed by atoms with Crippen molar-refractivity contribution < 1.29 is 4.42 Å². The van der Waals surface area contributed by atoms with Crippen LogP contribution in [-0.4, -0.2) is 16.3 Å². The molecule has 0 aromatic carbocycles. The fourth-order valence-electron chi connectivity index (χ4n) is 2.28. The maximum absolute atomic E-state index is 5.61. The lowest BCUT2D eigenvalue weighted by molar-refractivity contribution is 0.484. The van der Waals surface area contributed by atoms with Crippen LogP contribution in [0.25, 0.3) is 11.1 Å². The zero-order chi connectivity index (χ0) is 13.7. The first-order valence-corrected chi connectivity index (χ1v) is 7.06. The summed E-state index contributed by atoms with van der Waals surface area (Å²) >= 11 is 0. The van der Waals surface area contributed by atoms with E-state index in [2.05, 4.69) is 30.5 Å². The van der Waals surface area contributed by atoms with Gasteiger partial charge in [-0.1, -0.05) is 20.3 Å². The summed E-state index contributed by atoms with van der Waals surface area (Å²) in [6.07, 6.45) is 7.08. The fourth-order valence-corrected chi connectivity index (χ4v) is 2.28. The van der Waals surface area contributed by atoms with Crippen molar-refractivity contribution in [2.75, 3.05) is 6.54 Å². The molecule has 2 aromatic rings. The van der Waals surface area contributed by atoms with Crippen molar-refractivity contribution in [1.82, 2.24) is 15.1 Å². The van der Waals surface area contributed by atoms with Gasteiger partial charge in [-0.2, -0.15) is 5.10 Å². The molecule has 19 heavy (non-hydrogen) atoms. The number of aryl methyl sites for hydroxylation is 2. The van der Waals surface area contributed by atoms with Gasteiger partial charge in [-0.05, 0) is 25.5 Å². The molecule has 0 fully saturated rings. The van der Waals surface area contributed by atoms with Crippen molar-refractivity contribution in [3.8, 4) is 11.1 Å². The first kappa shape index (κ1) is 13.9. The average Bonchev–Trinajstić information content (AvgIpc) is 2.97. The minimum Gasteiger partial charge on any atom is -0.467 e. The molecular weight excluding hydrogens is 238 g/mol. The molecule has 0 spiro atoms. The molecule has 4 nitrogen and oxygen atoms in total. The first-order valence-electron chi connectivity index (χ1n) is 7.06. The monoisotopic (exact) mass is 261 g/mol. The third-order valence-corrected chi connectivity index (χ3v) is 3.14. The summed E-state index contributed by atoms with van der Waals surface area (Å²) in [5.74, 6) is 0.999. The molecule has 0 unspecified atom stereocenters.